The summed E-state index contributed by atoms with van der Waals surface area (Å²) in [4.78, 5) is 28.2. The molecule has 1 saturated heterocycles. The van der Waals surface area contributed by atoms with E-state index in [0.717, 1.165) is 24.5 Å². The van der Waals surface area contributed by atoms with Crippen LogP contribution in [0.25, 0.3) is 0 Å². The lowest BCUT2D eigenvalue weighted by Gasteiger charge is -2.29. The molecule has 1 heterocycles. The molecule has 2 aromatic rings. The molecule has 1 aliphatic rings. The number of hydrogen-bond donors (Lipinski definition) is 1. The Kier molecular flexibility index (Phi) is 6.63. The van der Waals surface area contributed by atoms with Crippen molar-refractivity contribution < 1.29 is 14.0 Å². The first kappa shape index (κ1) is 19.9. The summed E-state index contributed by atoms with van der Waals surface area (Å²) < 4.78 is 13.7. The summed E-state index contributed by atoms with van der Waals surface area (Å²) in [6.07, 6.45) is 3.78. The molecule has 1 N–H and O–H groups in total. The molecule has 1 fully saturated rings. The van der Waals surface area contributed by atoms with Gasteiger partial charge in [0, 0.05) is 44.4 Å². The smallest absolute Gasteiger partial charge is 0.226 e. The monoisotopic (exact) mass is 383 g/mol. The van der Waals surface area contributed by atoms with Gasteiger partial charge in [0.1, 0.15) is 5.82 Å². The SMILES string of the molecule is CC(=O)N(CCC(=O)Nc1ccccc1F)c1ccc(N2CCCCC2)cc1. The minimum absolute atomic E-state index is 0.0851. The van der Waals surface area contributed by atoms with Crippen LogP contribution in [0.3, 0.4) is 0 Å². The fraction of sp³-hybridized carbons (Fsp3) is 0.364. The second-order valence-electron chi connectivity index (χ2n) is 7.01. The van der Waals surface area contributed by atoms with Gasteiger partial charge in [0.25, 0.3) is 0 Å². The highest BCUT2D eigenvalue weighted by Crippen LogP contribution is 2.24. The summed E-state index contributed by atoms with van der Waals surface area (Å²) in [5.41, 5.74) is 2.06. The number of carbonyl (C=O) groups is 2. The van der Waals surface area contributed by atoms with Gasteiger partial charge in [-0.05, 0) is 55.7 Å². The van der Waals surface area contributed by atoms with E-state index in [1.165, 1.54) is 38.3 Å². The molecule has 148 valence electrons. The molecular weight excluding hydrogens is 357 g/mol. The molecule has 1 aliphatic heterocycles. The summed E-state index contributed by atoms with van der Waals surface area (Å²) in [5, 5.41) is 2.55. The number of rotatable bonds is 6. The van der Waals surface area contributed by atoms with Crippen molar-refractivity contribution in [2.45, 2.75) is 32.6 Å². The van der Waals surface area contributed by atoms with Gasteiger partial charge in [0.05, 0.1) is 5.69 Å². The lowest BCUT2D eigenvalue weighted by molar-refractivity contribution is -0.117. The molecule has 0 unspecified atom stereocenters. The van der Waals surface area contributed by atoms with Crippen LogP contribution in [0.4, 0.5) is 21.5 Å². The number of halogens is 1. The number of anilines is 3. The van der Waals surface area contributed by atoms with Crippen LogP contribution in [0.1, 0.15) is 32.6 Å². The van der Waals surface area contributed by atoms with Gasteiger partial charge in [-0.15, -0.1) is 0 Å². The van der Waals surface area contributed by atoms with Gasteiger partial charge in [-0.25, -0.2) is 4.39 Å². The molecule has 0 spiro atoms. The Morgan fingerprint density at radius 1 is 1.04 bits per heavy atom. The first-order chi connectivity index (χ1) is 13.5. The minimum Gasteiger partial charge on any atom is -0.372 e. The molecule has 0 saturated carbocycles. The van der Waals surface area contributed by atoms with Crippen molar-refractivity contribution in [2.24, 2.45) is 0 Å². The highest BCUT2D eigenvalue weighted by Gasteiger charge is 2.16. The molecule has 6 heteroatoms. The maximum absolute atomic E-state index is 13.7. The third-order valence-corrected chi connectivity index (χ3v) is 4.97. The average molecular weight is 383 g/mol. The summed E-state index contributed by atoms with van der Waals surface area (Å²) in [7, 11) is 0. The first-order valence-electron chi connectivity index (χ1n) is 9.72. The topological polar surface area (TPSA) is 52.7 Å². The Hall–Kier alpha value is -2.89. The standard InChI is InChI=1S/C22H26FN3O2/c1-17(27)26(16-13-22(28)24-21-8-4-3-7-20(21)23)19-11-9-18(10-12-19)25-14-5-2-6-15-25/h3-4,7-12H,2,5-6,13-16H2,1H3,(H,24,28). The van der Waals surface area contributed by atoms with Gasteiger partial charge in [-0.3, -0.25) is 9.59 Å². The minimum atomic E-state index is -0.479. The molecule has 28 heavy (non-hydrogen) atoms. The van der Waals surface area contributed by atoms with Crippen LogP contribution < -0.4 is 15.1 Å². The van der Waals surface area contributed by atoms with E-state index in [1.54, 1.807) is 17.0 Å². The van der Waals surface area contributed by atoms with Crippen LogP contribution in [0.2, 0.25) is 0 Å². The number of benzene rings is 2. The summed E-state index contributed by atoms with van der Waals surface area (Å²) >= 11 is 0. The highest BCUT2D eigenvalue weighted by molar-refractivity contribution is 5.95. The Labute approximate surface area is 165 Å². The van der Waals surface area contributed by atoms with Gasteiger partial charge in [0.15, 0.2) is 0 Å². The number of hydrogen-bond acceptors (Lipinski definition) is 3. The van der Waals surface area contributed by atoms with Crippen LogP contribution in [0.15, 0.2) is 48.5 Å². The van der Waals surface area contributed by atoms with Gasteiger partial charge < -0.3 is 15.1 Å². The third kappa shape index (κ3) is 5.09. The maximum Gasteiger partial charge on any atom is 0.226 e. The number of carbonyl (C=O) groups excluding carboxylic acids is 2. The van der Waals surface area contributed by atoms with Crippen LogP contribution in [0, 0.1) is 5.82 Å². The second-order valence-corrected chi connectivity index (χ2v) is 7.01. The van der Waals surface area contributed by atoms with E-state index in [4.69, 9.17) is 0 Å². The van der Waals surface area contributed by atoms with Crippen molar-refractivity contribution in [3.63, 3.8) is 0 Å². The molecule has 3 rings (SSSR count). The van der Waals surface area contributed by atoms with E-state index in [0.29, 0.717) is 0 Å². The normalized spacial score (nSPS) is 13.9. The predicted octanol–water partition coefficient (Wildman–Crippen LogP) is 4.20. The van der Waals surface area contributed by atoms with Gasteiger partial charge in [-0.2, -0.15) is 0 Å². The lowest BCUT2D eigenvalue weighted by atomic mass is 10.1. The molecule has 0 bridgehead atoms. The maximum atomic E-state index is 13.7. The Balaban J connectivity index is 1.60. The summed E-state index contributed by atoms with van der Waals surface area (Å²) in [6.45, 7) is 3.84. The quantitative estimate of drug-likeness (QED) is 0.813. The van der Waals surface area contributed by atoms with Crippen molar-refractivity contribution >= 4 is 28.9 Å². The van der Waals surface area contributed by atoms with E-state index in [1.807, 2.05) is 24.3 Å². The van der Waals surface area contributed by atoms with E-state index < -0.39 is 5.82 Å². The zero-order chi connectivity index (χ0) is 19.9. The molecular formula is C22H26FN3O2. The number of nitrogens with zero attached hydrogens (tertiary/aromatic N) is 2. The predicted molar refractivity (Wildman–Crippen MR) is 110 cm³/mol. The highest BCUT2D eigenvalue weighted by atomic mass is 19.1. The Morgan fingerprint density at radius 2 is 1.71 bits per heavy atom. The lowest BCUT2D eigenvalue weighted by Crippen LogP contribution is -2.32. The average Bonchev–Trinajstić information content (AvgIpc) is 2.71. The summed E-state index contributed by atoms with van der Waals surface area (Å²) in [6, 6.07) is 13.9. The van der Waals surface area contributed by atoms with Crippen molar-refractivity contribution in [3.05, 3.63) is 54.3 Å². The van der Waals surface area contributed by atoms with Crippen molar-refractivity contribution in [1.29, 1.82) is 0 Å². The third-order valence-electron chi connectivity index (χ3n) is 4.97. The largest absolute Gasteiger partial charge is 0.372 e. The Morgan fingerprint density at radius 3 is 2.36 bits per heavy atom. The molecule has 5 nitrogen and oxygen atoms in total. The summed E-state index contributed by atoms with van der Waals surface area (Å²) in [5.74, 6) is -0.946. The van der Waals surface area contributed by atoms with Gasteiger partial charge >= 0.3 is 0 Å². The van der Waals surface area contributed by atoms with Gasteiger partial charge in [0.2, 0.25) is 11.8 Å². The van der Waals surface area contributed by atoms with E-state index in [9.17, 15) is 14.0 Å². The molecule has 0 atom stereocenters. The van der Waals surface area contributed by atoms with Crippen molar-refractivity contribution in [2.75, 3.05) is 34.8 Å². The van der Waals surface area contributed by atoms with Crippen LogP contribution in [-0.2, 0) is 9.59 Å². The molecule has 0 radical (unpaired) electrons. The van der Waals surface area contributed by atoms with Crippen molar-refractivity contribution in [1.82, 2.24) is 0 Å². The number of para-hydroxylation sites is 1. The number of amides is 2. The number of piperidine rings is 1. The molecule has 2 aromatic carbocycles. The fourth-order valence-electron chi connectivity index (χ4n) is 3.45. The molecule has 2 amide bonds. The zero-order valence-electron chi connectivity index (χ0n) is 16.2. The van der Waals surface area contributed by atoms with Crippen LogP contribution >= 0.6 is 0 Å². The van der Waals surface area contributed by atoms with Gasteiger partial charge in [-0.1, -0.05) is 12.1 Å². The van der Waals surface area contributed by atoms with E-state index in [2.05, 4.69) is 10.2 Å². The van der Waals surface area contributed by atoms with Crippen LogP contribution in [0.5, 0.6) is 0 Å². The second kappa shape index (κ2) is 9.35. The van der Waals surface area contributed by atoms with Crippen molar-refractivity contribution in [3.8, 4) is 0 Å². The van der Waals surface area contributed by atoms with Crippen LogP contribution in [-0.4, -0.2) is 31.4 Å². The van der Waals surface area contributed by atoms with E-state index in [-0.39, 0.29) is 30.5 Å². The Bertz CT molecular complexity index is 817. The first-order valence-corrected chi connectivity index (χ1v) is 9.72. The molecule has 0 aromatic heterocycles. The number of nitrogens with one attached hydrogen (secondary N) is 1. The fourth-order valence-corrected chi connectivity index (χ4v) is 3.45. The zero-order valence-corrected chi connectivity index (χ0v) is 16.2. The van der Waals surface area contributed by atoms with E-state index >= 15 is 0 Å². The molecule has 0 aliphatic carbocycles.